The summed E-state index contributed by atoms with van der Waals surface area (Å²) in [5.41, 5.74) is 2.54. The summed E-state index contributed by atoms with van der Waals surface area (Å²) in [5, 5.41) is 0. The van der Waals surface area contributed by atoms with Crippen molar-refractivity contribution in [1.29, 1.82) is 0 Å². The number of nitrogens with zero attached hydrogens (tertiary/aromatic N) is 1. The fourth-order valence-corrected chi connectivity index (χ4v) is 2.39. The summed E-state index contributed by atoms with van der Waals surface area (Å²) in [6.07, 6.45) is 1.41. The van der Waals surface area contributed by atoms with Crippen molar-refractivity contribution in [2.75, 3.05) is 14.1 Å². The van der Waals surface area contributed by atoms with Gasteiger partial charge in [-0.05, 0) is 17.5 Å². The Morgan fingerprint density at radius 1 is 0.900 bits per heavy atom. The maximum atomic E-state index is 11.8. The molecule has 0 bridgehead atoms. The van der Waals surface area contributed by atoms with E-state index in [1.54, 1.807) is 4.90 Å². The van der Waals surface area contributed by atoms with Gasteiger partial charge in [-0.2, -0.15) is 0 Å². The average Bonchev–Trinajstić information content (AvgIpc) is 2.49. The number of rotatable bonds is 5. The molecule has 0 heterocycles. The van der Waals surface area contributed by atoms with Crippen LogP contribution < -0.4 is 0 Å². The highest BCUT2D eigenvalue weighted by atomic mass is 16.2. The molecule has 2 aromatic rings. The third-order valence-corrected chi connectivity index (χ3v) is 3.55. The fourth-order valence-electron chi connectivity index (χ4n) is 2.39. The number of carbonyl (C=O) groups is 1. The van der Waals surface area contributed by atoms with Gasteiger partial charge in [0.1, 0.15) is 0 Å². The first-order valence-corrected chi connectivity index (χ1v) is 6.98. The SMILES string of the molecule is CN(C)C(=O)CCC(c1ccccc1)c1ccccc1. The van der Waals surface area contributed by atoms with Crippen LogP contribution in [0.5, 0.6) is 0 Å². The van der Waals surface area contributed by atoms with E-state index in [1.165, 1.54) is 11.1 Å². The summed E-state index contributed by atoms with van der Waals surface area (Å²) in [6, 6.07) is 20.8. The van der Waals surface area contributed by atoms with Crippen LogP contribution in [0.3, 0.4) is 0 Å². The highest BCUT2D eigenvalue weighted by Crippen LogP contribution is 2.29. The molecule has 0 aliphatic carbocycles. The van der Waals surface area contributed by atoms with Crippen LogP contribution in [-0.2, 0) is 4.79 Å². The number of amides is 1. The zero-order chi connectivity index (χ0) is 14.4. The van der Waals surface area contributed by atoms with Gasteiger partial charge < -0.3 is 4.90 Å². The van der Waals surface area contributed by atoms with E-state index < -0.39 is 0 Å². The van der Waals surface area contributed by atoms with Crippen molar-refractivity contribution in [2.24, 2.45) is 0 Å². The van der Waals surface area contributed by atoms with E-state index in [2.05, 4.69) is 48.5 Å². The lowest BCUT2D eigenvalue weighted by Crippen LogP contribution is -2.22. The predicted octanol–water partition coefficient (Wildman–Crippen LogP) is 3.69. The van der Waals surface area contributed by atoms with Crippen molar-refractivity contribution >= 4 is 5.91 Å². The maximum Gasteiger partial charge on any atom is 0.222 e. The molecular weight excluding hydrogens is 246 g/mol. The lowest BCUT2D eigenvalue weighted by atomic mass is 9.87. The second-order valence-electron chi connectivity index (χ2n) is 5.20. The Morgan fingerprint density at radius 3 is 1.75 bits per heavy atom. The van der Waals surface area contributed by atoms with Crippen molar-refractivity contribution in [2.45, 2.75) is 18.8 Å². The summed E-state index contributed by atoms with van der Waals surface area (Å²) in [6.45, 7) is 0. The van der Waals surface area contributed by atoms with Crippen molar-refractivity contribution in [1.82, 2.24) is 4.90 Å². The Hall–Kier alpha value is -2.09. The standard InChI is InChI=1S/C18H21NO/c1-19(2)18(20)14-13-17(15-9-5-3-6-10-15)16-11-7-4-8-12-16/h3-12,17H,13-14H2,1-2H3. The largest absolute Gasteiger partial charge is 0.349 e. The first-order valence-electron chi connectivity index (χ1n) is 6.98. The van der Waals surface area contributed by atoms with Crippen LogP contribution in [0, 0.1) is 0 Å². The predicted molar refractivity (Wildman–Crippen MR) is 82.7 cm³/mol. The van der Waals surface area contributed by atoms with Gasteiger partial charge in [0.05, 0.1) is 0 Å². The minimum absolute atomic E-state index is 0.182. The molecule has 0 N–H and O–H groups in total. The molecule has 20 heavy (non-hydrogen) atoms. The van der Waals surface area contributed by atoms with E-state index in [4.69, 9.17) is 0 Å². The number of hydrogen-bond acceptors (Lipinski definition) is 1. The second-order valence-corrected chi connectivity index (χ2v) is 5.20. The third-order valence-electron chi connectivity index (χ3n) is 3.55. The van der Waals surface area contributed by atoms with E-state index in [0.717, 1.165) is 6.42 Å². The lowest BCUT2D eigenvalue weighted by molar-refractivity contribution is -0.128. The molecule has 2 aromatic carbocycles. The van der Waals surface area contributed by atoms with Gasteiger partial charge in [0.25, 0.3) is 0 Å². The summed E-state index contributed by atoms with van der Waals surface area (Å²) < 4.78 is 0. The molecule has 2 nitrogen and oxygen atoms in total. The molecule has 0 saturated carbocycles. The topological polar surface area (TPSA) is 20.3 Å². The quantitative estimate of drug-likeness (QED) is 0.809. The number of benzene rings is 2. The third kappa shape index (κ3) is 3.70. The molecule has 1 amide bonds. The maximum absolute atomic E-state index is 11.8. The van der Waals surface area contributed by atoms with Gasteiger partial charge in [-0.1, -0.05) is 60.7 Å². The second kappa shape index (κ2) is 6.90. The zero-order valence-corrected chi connectivity index (χ0v) is 12.1. The number of hydrogen-bond donors (Lipinski definition) is 0. The summed E-state index contributed by atoms with van der Waals surface area (Å²) in [7, 11) is 3.62. The van der Waals surface area contributed by atoms with Crippen LogP contribution in [0.2, 0.25) is 0 Å². The van der Waals surface area contributed by atoms with E-state index in [9.17, 15) is 4.79 Å². The van der Waals surface area contributed by atoms with Crippen LogP contribution >= 0.6 is 0 Å². The van der Waals surface area contributed by atoms with E-state index in [0.29, 0.717) is 6.42 Å². The Bertz CT molecular complexity index is 494. The normalized spacial score (nSPS) is 10.6. The minimum Gasteiger partial charge on any atom is -0.349 e. The van der Waals surface area contributed by atoms with Gasteiger partial charge in [-0.3, -0.25) is 4.79 Å². The molecule has 0 aromatic heterocycles. The van der Waals surface area contributed by atoms with Crippen molar-refractivity contribution in [3.05, 3.63) is 71.8 Å². The van der Waals surface area contributed by atoms with Crippen LogP contribution in [0.15, 0.2) is 60.7 Å². The molecule has 0 spiro atoms. The fraction of sp³-hybridized carbons (Fsp3) is 0.278. The summed E-state index contributed by atoms with van der Waals surface area (Å²) >= 11 is 0. The lowest BCUT2D eigenvalue weighted by Gasteiger charge is -2.19. The Balaban J connectivity index is 2.20. The van der Waals surface area contributed by atoms with Crippen molar-refractivity contribution < 1.29 is 4.79 Å². The van der Waals surface area contributed by atoms with Crippen LogP contribution in [-0.4, -0.2) is 24.9 Å². The van der Waals surface area contributed by atoms with Gasteiger partial charge in [0.15, 0.2) is 0 Å². The van der Waals surface area contributed by atoms with E-state index >= 15 is 0 Å². The minimum atomic E-state index is 0.182. The molecule has 0 unspecified atom stereocenters. The highest BCUT2D eigenvalue weighted by molar-refractivity contribution is 5.75. The van der Waals surface area contributed by atoms with Gasteiger partial charge in [0.2, 0.25) is 5.91 Å². The van der Waals surface area contributed by atoms with E-state index in [-0.39, 0.29) is 11.8 Å². The van der Waals surface area contributed by atoms with Crippen LogP contribution in [0.1, 0.15) is 29.9 Å². The monoisotopic (exact) mass is 267 g/mol. The van der Waals surface area contributed by atoms with Gasteiger partial charge in [-0.15, -0.1) is 0 Å². The Kier molecular flexibility index (Phi) is 4.94. The van der Waals surface area contributed by atoms with Crippen molar-refractivity contribution in [3.63, 3.8) is 0 Å². The first kappa shape index (κ1) is 14.3. The Labute approximate surface area is 121 Å². The molecule has 0 aliphatic rings. The molecule has 0 radical (unpaired) electrons. The molecule has 104 valence electrons. The smallest absolute Gasteiger partial charge is 0.222 e. The highest BCUT2D eigenvalue weighted by Gasteiger charge is 2.16. The van der Waals surface area contributed by atoms with Gasteiger partial charge >= 0.3 is 0 Å². The molecule has 0 fully saturated rings. The Morgan fingerprint density at radius 2 is 1.35 bits per heavy atom. The molecule has 2 heteroatoms. The molecular formula is C18H21NO. The van der Waals surface area contributed by atoms with Crippen molar-refractivity contribution in [3.8, 4) is 0 Å². The first-order chi connectivity index (χ1) is 9.68. The molecule has 0 atom stereocenters. The molecule has 0 aliphatic heterocycles. The summed E-state index contributed by atoms with van der Waals surface area (Å²) in [5.74, 6) is 0.461. The average molecular weight is 267 g/mol. The zero-order valence-electron chi connectivity index (χ0n) is 12.1. The number of carbonyl (C=O) groups excluding carboxylic acids is 1. The van der Waals surface area contributed by atoms with Crippen LogP contribution in [0.4, 0.5) is 0 Å². The van der Waals surface area contributed by atoms with E-state index in [1.807, 2.05) is 26.2 Å². The summed E-state index contributed by atoms with van der Waals surface area (Å²) in [4.78, 5) is 13.5. The molecule has 2 rings (SSSR count). The van der Waals surface area contributed by atoms with Crippen LogP contribution in [0.25, 0.3) is 0 Å². The van der Waals surface area contributed by atoms with Gasteiger partial charge in [-0.25, -0.2) is 0 Å². The van der Waals surface area contributed by atoms with Gasteiger partial charge in [0, 0.05) is 26.4 Å². The molecule has 0 saturated heterocycles.